The van der Waals surface area contributed by atoms with Crippen molar-refractivity contribution in [2.45, 2.75) is 25.4 Å². The summed E-state index contributed by atoms with van der Waals surface area (Å²) >= 11 is 0. The first-order chi connectivity index (χ1) is 8.83. The molecular formula is C13H17N3O2. The van der Waals surface area contributed by atoms with Crippen molar-refractivity contribution in [3.8, 4) is 0 Å². The number of hydrogen-bond donors (Lipinski definition) is 2. The van der Waals surface area contributed by atoms with Gasteiger partial charge in [-0.25, -0.2) is 0 Å². The summed E-state index contributed by atoms with van der Waals surface area (Å²) in [6.07, 6.45) is 3.74. The van der Waals surface area contributed by atoms with Gasteiger partial charge in [0.25, 0.3) is 6.01 Å². The van der Waals surface area contributed by atoms with E-state index in [2.05, 4.69) is 10.3 Å². The van der Waals surface area contributed by atoms with Gasteiger partial charge in [-0.05, 0) is 31.4 Å². The first kappa shape index (κ1) is 11.3. The number of rotatable bonds is 3. The molecule has 0 radical (unpaired) electrons. The molecule has 2 heterocycles. The van der Waals surface area contributed by atoms with Crippen molar-refractivity contribution < 1.29 is 9.15 Å². The van der Waals surface area contributed by atoms with Gasteiger partial charge in [0.15, 0.2) is 5.58 Å². The zero-order valence-electron chi connectivity index (χ0n) is 10.2. The maximum absolute atomic E-state index is 5.83. The maximum atomic E-state index is 5.83. The molecule has 3 N–H and O–H groups in total. The lowest BCUT2D eigenvalue weighted by atomic mass is 10.1. The lowest BCUT2D eigenvalue weighted by Crippen LogP contribution is -2.27. The Hall–Kier alpha value is -1.75. The second-order valence-corrected chi connectivity index (χ2v) is 4.58. The van der Waals surface area contributed by atoms with Crippen LogP contribution in [0.1, 0.15) is 19.3 Å². The van der Waals surface area contributed by atoms with Gasteiger partial charge in [0.05, 0.1) is 11.8 Å². The van der Waals surface area contributed by atoms with Crippen LogP contribution in [0.15, 0.2) is 22.6 Å². The van der Waals surface area contributed by atoms with Gasteiger partial charge in [-0.2, -0.15) is 4.98 Å². The van der Waals surface area contributed by atoms with E-state index in [-0.39, 0.29) is 6.10 Å². The Labute approximate surface area is 105 Å². The van der Waals surface area contributed by atoms with Crippen molar-refractivity contribution in [2.75, 3.05) is 24.2 Å². The number of nitrogens with two attached hydrogens (primary N) is 1. The number of benzene rings is 1. The average molecular weight is 247 g/mol. The first-order valence-electron chi connectivity index (χ1n) is 6.33. The number of hydrogen-bond acceptors (Lipinski definition) is 5. The number of nitrogen functional groups attached to an aromatic ring is 1. The van der Waals surface area contributed by atoms with Crippen LogP contribution in [0.5, 0.6) is 0 Å². The molecule has 0 spiro atoms. The third kappa shape index (κ3) is 2.26. The molecule has 1 aliphatic heterocycles. The van der Waals surface area contributed by atoms with Gasteiger partial charge in [0, 0.05) is 13.2 Å². The molecule has 5 nitrogen and oxygen atoms in total. The quantitative estimate of drug-likeness (QED) is 0.815. The summed E-state index contributed by atoms with van der Waals surface area (Å²) in [5, 5.41) is 3.17. The van der Waals surface area contributed by atoms with Crippen LogP contribution >= 0.6 is 0 Å². The average Bonchev–Trinajstić information content (AvgIpc) is 2.82. The Morgan fingerprint density at radius 3 is 3.11 bits per heavy atom. The van der Waals surface area contributed by atoms with E-state index < -0.39 is 0 Å². The Bertz CT molecular complexity index is 532. The number of para-hydroxylation sites is 1. The van der Waals surface area contributed by atoms with E-state index in [0.717, 1.165) is 26.0 Å². The summed E-state index contributed by atoms with van der Waals surface area (Å²) in [4.78, 5) is 4.34. The molecule has 2 aromatic rings. The molecule has 1 aliphatic rings. The van der Waals surface area contributed by atoms with Crippen LogP contribution in [0.4, 0.5) is 11.7 Å². The molecule has 18 heavy (non-hydrogen) atoms. The highest BCUT2D eigenvalue weighted by Gasteiger charge is 2.15. The highest BCUT2D eigenvalue weighted by Crippen LogP contribution is 2.23. The molecule has 5 heteroatoms. The SMILES string of the molecule is Nc1cccc2oc(NCC3CCCCO3)nc12. The van der Waals surface area contributed by atoms with Crippen LogP contribution in [-0.2, 0) is 4.74 Å². The van der Waals surface area contributed by atoms with Gasteiger partial charge >= 0.3 is 0 Å². The molecule has 0 saturated carbocycles. The summed E-state index contributed by atoms with van der Waals surface area (Å²) < 4.78 is 11.2. The maximum Gasteiger partial charge on any atom is 0.295 e. The molecule has 0 aliphatic carbocycles. The van der Waals surface area contributed by atoms with Crippen molar-refractivity contribution in [3.63, 3.8) is 0 Å². The van der Waals surface area contributed by atoms with Crippen molar-refractivity contribution >= 4 is 22.8 Å². The molecular weight excluding hydrogens is 230 g/mol. The van der Waals surface area contributed by atoms with Crippen LogP contribution in [0.2, 0.25) is 0 Å². The van der Waals surface area contributed by atoms with Gasteiger partial charge in [-0.1, -0.05) is 6.07 Å². The summed E-state index contributed by atoms with van der Waals surface area (Å²) in [6.45, 7) is 1.58. The van der Waals surface area contributed by atoms with Gasteiger partial charge < -0.3 is 20.2 Å². The van der Waals surface area contributed by atoms with Crippen LogP contribution in [0.25, 0.3) is 11.1 Å². The number of nitrogens with one attached hydrogen (secondary N) is 1. The number of fused-ring (bicyclic) bond motifs is 1. The number of oxazole rings is 1. The Kier molecular flexibility index (Phi) is 3.06. The second kappa shape index (κ2) is 4.86. The molecule has 1 aromatic heterocycles. The Morgan fingerprint density at radius 1 is 1.39 bits per heavy atom. The van der Waals surface area contributed by atoms with Crippen molar-refractivity contribution in [1.82, 2.24) is 4.98 Å². The van der Waals surface area contributed by atoms with Gasteiger partial charge in [0.1, 0.15) is 5.52 Å². The highest BCUT2D eigenvalue weighted by atomic mass is 16.5. The molecule has 1 fully saturated rings. The third-order valence-corrected chi connectivity index (χ3v) is 3.21. The fraction of sp³-hybridized carbons (Fsp3) is 0.462. The predicted molar refractivity (Wildman–Crippen MR) is 70.5 cm³/mol. The molecule has 1 unspecified atom stereocenters. The smallest absolute Gasteiger partial charge is 0.295 e. The monoisotopic (exact) mass is 247 g/mol. The van der Waals surface area contributed by atoms with Gasteiger partial charge in [-0.3, -0.25) is 0 Å². The molecule has 96 valence electrons. The Morgan fingerprint density at radius 2 is 2.33 bits per heavy atom. The van der Waals surface area contributed by atoms with E-state index in [1.165, 1.54) is 6.42 Å². The normalized spacial score (nSPS) is 20.1. The van der Waals surface area contributed by atoms with Crippen LogP contribution < -0.4 is 11.1 Å². The summed E-state index contributed by atoms with van der Waals surface area (Å²) in [7, 11) is 0. The number of anilines is 2. The largest absolute Gasteiger partial charge is 0.423 e. The first-order valence-corrected chi connectivity index (χ1v) is 6.33. The molecule has 0 amide bonds. The topological polar surface area (TPSA) is 73.3 Å². The summed E-state index contributed by atoms with van der Waals surface area (Å²) in [5.74, 6) is 0. The molecule has 1 aromatic carbocycles. The minimum Gasteiger partial charge on any atom is -0.423 e. The van der Waals surface area contributed by atoms with E-state index in [1.807, 2.05) is 18.2 Å². The zero-order chi connectivity index (χ0) is 12.4. The van der Waals surface area contributed by atoms with Crippen LogP contribution in [-0.4, -0.2) is 24.2 Å². The van der Waals surface area contributed by atoms with Gasteiger partial charge in [0.2, 0.25) is 0 Å². The fourth-order valence-electron chi connectivity index (χ4n) is 2.21. The van der Waals surface area contributed by atoms with E-state index >= 15 is 0 Å². The van der Waals surface area contributed by atoms with E-state index in [9.17, 15) is 0 Å². The van der Waals surface area contributed by atoms with E-state index in [1.54, 1.807) is 0 Å². The van der Waals surface area contributed by atoms with E-state index in [0.29, 0.717) is 22.8 Å². The third-order valence-electron chi connectivity index (χ3n) is 3.21. The number of aromatic nitrogens is 1. The molecule has 1 atom stereocenters. The summed E-state index contributed by atoms with van der Waals surface area (Å²) in [6, 6.07) is 6.05. The minimum atomic E-state index is 0.256. The predicted octanol–water partition coefficient (Wildman–Crippen LogP) is 2.39. The molecule has 3 rings (SSSR count). The number of nitrogens with zero attached hydrogens (tertiary/aromatic N) is 1. The lowest BCUT2D eigenvalue weighted by Gasteiger charge is -2.22. The lowest BCUT2D eigenvalue weighted by molar-refractivity contribution is 0.0245. The number of ether oxygens (including phenoxy) is 1. The van der Waals surface area contributed by atoms with E-state index in [4.69, 9.17) is 14.9 Å². The fourth-order valence-corrected chi connectivity index (χ4v) is 2.21. The minimum absolute atomic E-state index is 0.256. The van der Waals surface area contributed by atoms with Crippen LogP contribution in [0, 0.1) is 0 Å². The Balaban J connectivity index is 1.69. The van der Waals surface area contributed by atoms with Crippen molar-refractivity contribution in [2.24, 2.45) is 0 Å². The van der Waals surface area contributed by atoms with Gasteiger partial charge in [-0.15, -0.1) is 0 Å². The zero-order valence-corrected chi connectivity index (χ0v) is 10.2. The second-order valence-electron chi connectivity index (χ2n) is 4.58. The highest BCUT2D eigenvalue weighted by molar-refractivity contribution is 5.86. The molecule has 0 bridgehead atoms. The summed E-state index contributed by atoms with van der Waals surface area (Å²) in [5.41, 5.74) is 7.89. The molecule has 1 saturated heterocycles. The van der Waals surface area contributed by atoms with Crippen molar-refractivity contribution in [1.29, 1.82) is 0 Å². The van der Waals surface area contributed by atoms with Crippen LogP contribution in [0.3, 0.4) is 0 Å². The van der Waals surface area contributed by atoms with Crippen molar-refractivity contribution in [3.05, 3.63) is 18.2 Å². The standard InChI is InChI=1S/C13H17N3O2/c14-10-5-3-6-11-12(10)16-13(18-11)15-8-9-4-1-2-7-17-9/h3,5-6,9H,1-2,4,7-8,14H2,(H,15,16).